The molecule has 0 aromatic carbocycles. The fourth-order valence-electron chi connectivity index (χ4n) is 1.76. The van der Waals surface area contributed by atoms with Crippen molar-refractivity contribution in [1.82, 2.24) is 15.1 Å². The van der Waals surface area contributed by atoms with Crippen LogP contribution in [0.15, 0.2) is 12.3 Å². The standard InChI is InChI=1S/C13H25N3O/c1-5-8-14-12(10-17-11(3)4)13-7-9-15-16(13)6-2/h7,9,11-12,14H,5-6,8,10H2,1-4H3. The first-order valence-electron chi connectivity index (χ1n) is 6.55. The van der Waals surface area contributed by atoms with Gasteiger partial charge in [-0.2, -0.15) is 5.10 Å². The SMILES string of the molecule is CCCNC(COC(C)C)c1ccnn1CC. The fraction of sp³-hybridized carbons (Fsp3) is 0.769. The first-order valence-corrected chi connectivity index (χ1v) is 6.55. The maximum Gasteiger partial charge on any atom is 0.0729 e. The van der Waals surface area contributed by atoms with E-state index >= 15 is 0 Å². The van der Waals surface area contributed by atoms with Crippen molar-refractivity contribution in [3.05, 3.63) is 18.0 Å². The van der Waals surface area contributed by atoms with Crippen LogP contribution in [0.2, 0.25) is 0 Å². The first-order chi connectivity index (χ1) is 8.19. The van der Waals surface area contributed by atoms with Gasteiger partial charge in [0.15, 0.2) is 0 Å². The molecule has 1 atom stereocenters. The van der Waals surface area contributed by atoms with E-state index in [0.717, 1.165) is 19.5 Å². The van der Waals surface area contributed by atoms with Crippen molar-refractivity contribution in [2.24, 2.45) is 0 Å². The maximum atomic E-state index is 5.72. The first kappa shape index (κ1) is 14.2. The summed E-state index contributed by atoms with van der Waals surface area (Å²) in [7, 11) is 0. The van der Waals surface area contributed by atoms with E-state index in [1.165, 1.54) is 5.69 Å². The summed E-state index contributed by atoms with van der Waals surface area (Å²) < 4.78 is 7.75. The average Bonchev–Trinajstić information content (AvgIpc) is 2.77. The molecule has 1 unspecified atom stereocenters. The summed E-state index contributed by atoms with van der Waals surface area (Å²) in [6.07, 6.45) is 3.24. The van der Waals surface area contributed by atoms with Gasteiger partial charge in [-0.15, -0.1) is 0 Å². The molecule has 1 aromatic rings. The van der Waals surface area contributed by atoms with Gasteiger partial charge < -0.3 is 10.1 Å². The lowest BCUT2D eigenvalue weighted by Crippen LogP contribution is -2.29. The van der Waals surface area contributed by atoms with E-state index in [2.05, 4.69) is 44.2 Å². The molecule has 1 rings (SSSR count). The Bertz CT molecular complexity index is 309. The lowest BCUT2D eigenvalue weighted by molar-refractivity contribution is 0.0594. The van der Waals surface area contributed by atoms with E-state index in [0.29, 0.717) is 6.61 Å². The predicted octanol–water partition coefficient (Wildman–Crippen LogP) is 2.37. The number of rotatable bonds is 8. The zero-order valence-corrected chi connectivity index (χ0v) is 11.4. The molecule has 0 bridgehead atoms. The Hall–Kier alpha value is -0.870. The lowest BCUT2D eigenvalue weighted by atomic mass is 10.2. The van der Waals surface area contributed by atoms with Crippen LogP contribution in [-0.2, 0) is 11.3 Å². The van der Waals surface area contributed by atoms with Gasteiger partial charge in [0, 0.05) is 12.7 Å². The predicted molar refractivity (Wildman–Crippen MR) is 70.0 cm³/mol. The largest absolute Gasteiger partial charge is 0.377 e. The summed E-state index contributed by atoms with van der Waals surface area (Å²) in [6, 6.07) is 2.31. The molecule has 0 aliphatic carbocycles. The quantitative estimate of drug-likeness (QED) is 0.757. The Kier molecular flexibility index (Phi) is 6.22. The number of ether oxygens (including phenoxy) is 1. The molecule has 0 fully saturated rings. The molecule has 0 saturated carbocycles. The van der Waals surface area contributed by atoms with Crippen LogP contribution in [0, 0.1) is 0 Å². The third-order valence-electron chi connectivity index (χ3n) is 2.64. The monoisotopic (exact) mass is 239 g/mol. The zero-order valence-electron chi connectivity index (χ0n) is 11.4. The minimum Gasteiger partial charge on any atom is -0.377 e. The third-order valence-corrected chi connectivity index (χ3v) is 2.64. The molecule has 0 radical (unpaired) electrons. The number of aromatic nitrogens is 2. The summed E-state index contributed by atoms with van der Waals surface area (Å²) in [6.45, 7) is 11.0. The van der Waals surface area contributed by atoms with Crippen LogP contribution in [0.5, 0.6) is 0 Å². The van der Waals surface area contributed by atoms with Crippen LogP contribution in [0.25, 0.3) is 0 Å². The van der Waals surface area contributed by atoms with Crippen LogP contribution < -0.4 is 5.32 Å². The summed E-state index contributed by atoms with van der Waals surface area (Å²) in [4.78, 5) is 0. The van der Waals surface area contributed by atoms with Crippen molar-refractivity contribution in [1.29, 1.82) is 0 Å². The average molecular weight is 239 g/mol. The van der Waals surface area contributed by atoms with E-state index in [-0.39, 0.29) is 12.1 Å². The number of hydrogen-bond acceptors (Lipinski definition) is 3. The Labute approximate surface area is 104 Å². The van der Waals surface area contributed by atoms with Gasteiger partial charge in [0.05, 0.1) is 24.4 Å². The summed E-state index contributed by atoms with van der Waals surface area (Å²) in [5.74, 6) is 0. The normalized spacial score (nSPS) is 13.2. The zero-order chi connectivity index (χ0) is 12.7. The van der Waals surface area contributed by atoms with Gasteiger partial charge in [0.25, 0.3) is 0 Å². The van der Waals surface area contributed by atoms with Crippen molar-refractivity contribution in [3.63, 3.8) is 0 Å². The second-order valence-electron chi connectivity index (χ2n) is 4.46. The molecular weight excluding hydrogens is 214 g/mol. The molecule has 1 aromatic heterocycles. The molecule has 4 nitrogen and oxygen atoms in total. The van der Waals surface area contributed by atoms with Gasteiger partial charge in [-0.05, 0) is 39.8 Å². The summed E-state index contributed by atoms with van der Waals surface area (Å²) in [5, 5.41) is 7.83. The summed E-state index contributed by atoms with van der Waals surface area (Å²) in [5.41, 5.74) is 1.21. The van der Waals surface area contributed by atoms with Gasteiger partial charge in [-0.3, -0.25) is 4.68 Å². The van der Waals surface area contributed by atoms with E-state index < -0.39 is 0 Å². The number of nitrogens with zero attached hydrogens (tertiary/aromatic N) is 2. The van der Waals surface area contributed by atoms with Crippen molar-refractivity contribution in [2.75, 3.05) is 13.2 Å². The highest BCUT2D eigenvalue weighted by atomic mass is 16.5. The van der Waals surface area contributed by atoms with Crippen LogP contribution in [0.3, 0.4) is 0 Å². The highest BCUT2D eigenvalue weighted by molar-refractivity contribution is 5.07. The Morgan fingerprint density at radius 1 is 1.41 bits per heavy atom. The molecule has 0 amide bonds. The van der Waals surface area contributed by atoms with Crippen molar-refractivity contribution in [3.8, 4) is 0 Å². The molecule has 1 N–H and O–H groups in total. The van der Waals surface area contributed by atoms with Gasteiger partial charge in [0.1, 0.15) is 0 Å². The van der Waals surface area contributed by atoms with Gasteiger partial charge in [0.2, 0.25) is 0 Å². The molecule has 0 spiro atoms. The van der Waals surface area contributed by atoms with E-state index in [4.69, 9.17) is 4.74 Å². The molecule has 0 saturated heterocycles. The van der Waals surface area contributed by atoms with Gasteiger partial charge in [-0.1, -0.05) is 6.92 Å². The van der Waals surface area contributed by atoms with Crippen molar-refractivity contribution < 1.29 is 4.74 Å². The van der Waals surface area contributed by atoms with Gasteiger partial charge in [-0.25, -0.2) is 0 Å². The Balaban J connectivity index is 2.67. The topological polar surface area (TPSA) is 39.1 Å². The van der Waals surface area contributed by atoms with Crippen LogP contribution >= 0.6 is 0 Å². The van der Waals surface area contributed by atoms with Gasteiger partial charge >= 0.3 is 0 Å². The Morgan fingerprint density at radius 2 is 2.18 bits per heavy atom. The number of nitrogens with one attached hydrogen (secondary N) is 1. The number of hydrogen-bond donors (Lipinski definition) is 1. The van der Waals surface area contributed by atoms with Crippen molar-refractivity contribution in [2.45, 2.75) is 52.8 Å². The van der Waals surface area contributed by atoms with Crippen LogP contribution in [0.4, 0.5) is 0 Å². The van der Waals surface area contributed by atoms with Crippen LogP contribution in [0.1, 0.15) is 45.9 Å². The molecule has 4 heteroatoms. The minimum absolute atomic E-state index is 0.236. The smallest absolute Gasteiger partial charge is 0.0729 e. The Morgan fingerprint density at radius 3 is 2.76 bits per heavy atom. The summed E-state index contributed by atoms with van der Waals surface area (Å²) >= 11 is 0. The van der Waals surface area contributed by atoms with E-state index in [1.807, 2.05) is 10.9 Å². The maximum absolute atomic E-state index is 5.72. The molecule has 0 aliphatic heterocycles. The molecule has 17 heavy (non-hydrogen) atoms. The highest BCUT2D eigenvalue weighted by Crippen LogP contribution is 2.14. The molecular formula is C13H25N3O. The van der Waals surface area contributed by atoms with E-state index in [9.17, 15) is 0 Å². The second kappa shape index (κ2) is 7.45. The minimum atomic E-state index is 0.236. The molecule has 98 valence electrons. The van der Waals surface area contributed by atoms with Crippen LogP contribution in [-0.4, -0.2) is 29.0 Å². The number of aryl methyl sites for hydroxylation is 1. The fourth-order valence-corrected chi connectivity index (χ4v) is 1.76. The second-order valence-corrected chi connectivity index (χ2v) is 4.46. The molecule has 0 aliphatic rings. The van der Waals surface area contributed by atoms with Crippen molar-refractivity contribution >= 4 is 0 Å². The lowest BCUT2D eigenvalue weighted by Gasteiger charge is -2.21. The third kappa shape index (κ3) is 4.48. The highest BCUT2D eigenvalue weighted by Gasteiger charge is 2.15. The van der Waals surface area contributed by atoms with E-state index in [1.54, 1.807) is 0 Å². The molecule has 1 heterocycles.